The molecular weight excluding hydrogens is 203 g/mol. The van der Waals surface area contributed by atoms with E-state index in [0.29, 0.717) is 15.3 Å². The fraction of sp³-hybridized carbons (Fsp3) is 0. The van der Waals surface area contributed by atoms with E-state index in [2.05, 4.69) is 20.9 Å². The highest BCUT2D eigenvalue weighted by Crippen LogP contribution is 2.24. The molecule has 0 aliphatic carbocycles. The average molecular weight is 207 g/mol. The van der Waals surface area contributed by atoms with Gasteiger partial charge >= 0.3 is 0 Å². The third-order valence-corrected chi connectivity index (χ3v) is 2.10. The van der Waals surface area contributed by atoms with Crippen LogP contribution < -0.4 is 5.73 Å². The third-order valence-electron chi connectivity index (χ3n) is 0.877. The first-order valence-electron chi connectivity index (χ1n) is 2.27. The highest BCUT2D eigenvalue weighted by atomic mass is 79.9. The van der Waals surface area contributed by atoms with Crippen LogP contribution >= 0.6 is 27.5 Å². The molecule has 9 heavy (non-hydrogen) atoms. The van der Waals surface area contributed by atoms with Gasteiger partial charge < -0.3 is 5.73 Å². The molecule has 2 N–H and O–H groups in total. The van der Waals surface area contributed by atoms with Crippen molar-refractivity contribution in [3.05, 3.63) is 21.9 Å². The van der Waals surface area contributed by atoms with Crippen molar-refractivity contribution in [2.24, 2.45) is 0 Å². The zero-order valence-corrected chi connectivity index (χ0v) is 6.78. The molecule has 0 atom stereocenters. The summed E-state index contributed by atoms with van der Waals surface area (Å²) in [5.41, 5.74) is 5.96. The van der Waals surface area contributed by atoms with Gasteiger partial charge in [0.1, 0.15) is 4.60 Å². The van der Waals surface area contributed by atoms with Gasteiger partial charge in [0.25, 0.3) is 0 Å². The van der Waals surface area contributed by atoms with Crippen LogP contribution in [0.5, 0.6) is 0 Å². The molecule has 0 amide bonds. The second kappa shape index (κ2) is 2.54. The molecule has 0 aromatic carbocycles. The zero-order chi connectivity index (χ0) is 6.85. The number of aromatic nitrogens is 1. The van der Waals surface area contributed by atoms with Crippen molar-refractivity contribution in [3.8, 4) is 0 Å². The van der Waals surface area contributed by atoms with Gasteiger partial charge in [0.05, 0.1) is 10.7 Å². The molecule has 0 saturated heterocycles. The number of rotatable bonds is 0. The summed E-state index contributed by atoms with van der Waals surface area (Å²) in [6, 6.07) is 1.65. The van der Waals surface area contributed by atoms with Crippen molar-refractivity contribution >= 4 is 33.2 Å². The quantitative estimate of drug-likeness (QED) is 0.662. The first-order chi connectivity index (χ1) is 4.22. The van der Waals surface area contributed by atoms with Gasteiger partial charge in [-0.15, -0.1) is 0 Å². The van der Waals surface area contributed by atoms with Gasteiger partial charge in [-0.05, 0) is 22.0 Å². The molecule has 0 radical (unpaired) electrons. The Bertz CT molecular complexity index is 206. The van der Waals surface area contributed by atoms with Gasteiger partial charge in [-0.3, -0.25) is 0 Å². The molecule has 0 aliphatic rings. The minimum absolute atomic E-state index is 0.470. The van der Waals surface area contributed by atoms with Gasteiger partial charge in [0.2, 0.25) is 0 Å². The molecule has 0 aliphatic heterocycles. The normalized spacial score (nSPS) is 9.56. The van der Waals surface area contributed by atoms with Crippen LogP contribution in [0.3, 0.4) is 0 Å². The van der Waals surface area contributed by atoms with Gasteiger partial charge in [0, 0.05) is 6.20 Å². The van der Waals surface area contributed by atoms with Crippen molar-refractivity contribution in [1.29, 1.82) is 0 Å². The summed E-state index contributed by atoms with van der Waals surface area (Å²) in [6.45, 7) is 0. The lowest BCUT2D eigenvalue weighted by Crippen LogP contribution is -1.87. The number of hydrogen-bond acceptors (Lipinski definition) is 2. The van der Waals surface area contributed by atoms with E-state index < -0.39 is 0 Å². The Morgan fingerprint density at radius 3 is 2.78 bits per heavy atom. The number of nitrogens with zero attached hydrogens (tertiary/aromatic N) is 1. The van der Waals surface area contributed by atoms with Crippen LogP contribution in [0.4, 0.5) is 5.69 Å². The monoisotopic (exact) mass is 206 g/mol. The van der Waals surface area contributed by atoms with Crippen LogP contribution in [-0.2, 0) is 0 Å². The highest BCUT2D eigenvalue weighted by molar-refractivity contribution is 9.10. The topological polar surface area (TPSA) is 38.9 Å². The van der Waals surface area contributed by atoms with Gasteiger partial charge in [-0.25, -0.2) is 4.98 Å². The maximum Gasteiger partial charge on any atom is 0.126 e. The molecule has 2 nitrogen and oxygen atoms in total. The molecule has 1 aromatic heterocycles. The Hall–Kier alpha value is -0.280. The molecule has 1 heterocycles. The minimum atomic E-state index is 0.470. The molecule has 4 heteroatoms. The minimum Gasteiger partial charge on any atom is -0.397 e. The summed E-state index contributed by atoms with van der Waals surface area (Å²) < 4.78 is 0.587. The van der Waals surface area contributed by atoms with E-state index in [4.69, 9.17) is 17.3 Å². The van der Waals surface area contributed by atoms with Crippen molar-refractivity contribution in [3.63, 3.8) is 0 Å². The summed E-state index contributed by atoms with van der Waals surface area (Å²) in [6.07, 6.45) is 1.59. The maximum atomic E-state index is 5.64. The van der Waals surface area contributed by atoms with Crippen LogP contribution in [0.1, 0.15) is 0 Å². The second-order valence-corrected chi connectivity index (χ2v) is 2.63. The van der Waals surface area contributed by atoms with E-state index in [0.717, 1.165) is 0 Å². The molecule has 0 saturated carbocycles. The van der Waals surface area contributed by atoms with Gasteiger partial charge in [-0.1, -0.05) is 11.6 Å². The lowest BCUT2D eigenvalue weighted by Gasteiger charge is -1.95. The van der Waals surface area contributed by atoms with Crippen molar-refractivity contribution in [2.75, 3.05) is 5.73 Å². The summed E-state index contributed by atoms with van der Waals surface area (Å²) in [5.74, 6) is 0. The average Bonchev–Trinajstić information content (AvgIpc) is 1.83. The Morgan fingerprint density at radius 1 is 1.67 bits per heavy atom. The van der Waals surface area contributed by atoms with Crippen molar-refractivity contribution in [2.45, 2.75) is 0 Å². The number of halogens is 2. The Morgan fingerprint density at radius 2 is 2.33 bits per heavy atom. The van der Waals surface area contributed by atoms with E-state index in [1.165, 1.54) is 0 Å². The molecular formula is C5H4BrClN2. The third kappa shape index (κ3) is 1.34. The number of pyridine rings is 1. The van der Waals surface area contributed by atoms with Crippen LogP contribution in [-0.4, -0.2) is 4.98 Å². The van der Waals surface area contributed by atoms with Crippen LogP contribution in [0, 0.1) is 0 Å². The Balaban J connectivity index is 3.25. The summed E-state index contributed by atoms with van der Waals surface area (Å²) in [4.78, 5) is 3.84. The van der Waals surface area contributed by atoms with Crippen LogP contribution in [0.2, 0.25) is 5.02 Å². The Labute approximate surface area is 66.2 Å². The van der Waals surface area contributed by atoms with E-state index in [9.17, 15) is 0 Å². The fourth-order valence-corrected chi connectivity index (χ4v) is 0.891. The van der Waals surface area contributed by atoms with Crippen molar-refractivity contribution < 1.29 is 0 Å². The van der Waals surface area contributed by atoms with E-state index in [1.807, 2.05) is 0 Å². The molecule has 0 unspecified atom stereocenters. The summed E-state index contributed by atoms with van der Waals surface area (Å²) in [5, 5.41) is 0.470. The molecule has 1 rings (SSSR count). The molecule has 0 spiro atoms. The SMILES string of the molecule is Nc1ccnc(Br)c1Cl. The predicted octanol–water partition coefficient (Wildman–Crippen LogP) is 2.08. The fourth-order valence-electron chi connectivity index (χ4n) is 0.432. The molecule has 1 aromatic rings. The first-order valence-corrected chi connectivity index (χ1v) is 3.44. The van der Waals surface area contributed by atoms with Gasteiger partial charge in [-0.2, -0.15) is 0 Å². The summed E-state index contributed by atoms with van der Waals surface area (Å²) >= 11 is 8.77. The maximum absolute atomic E-state index is 5.64. The van der Waals surface area contributed by atoms with E-state index in [-0.39, 0.29) is 0 Å². The lowest BCUT2D eigenvalue weighted by molar-refractivity contribution is 1.28. The largest absolute Gasteiger partial charge is 0.397 e. The number of hydrogen-bond donors (Lipinski definition) is 1. The van der Waals surface area contributed by atoms with Crippen molar-refractivity contribution in [1.82, 2.24) is 4.98 Å². The highest BCUT2D eigenvalue weighted by Gasteiger charge is 1.98. The standard InChI is InChI=1S/C5H4BrClN2/c6-5-4(7)3(8)1-2-9-5/h1-2H,(H2,8,9). The Kier molecular flexibility index (Phi) is 1.93. The van der Waals surface area contributed by atoms with Crippen LogP contribution in [0.15, 0.2) is 16.9 Å². The van der Waals surface area contributed by atoms with E-state index in [1.54, 1.807) is 12.3 Å². The number of anilines is 1. The smallest absolute Gasteiger partial charge is 0.126 e. The van der Waals surface area contributed by atoms with Gasteiger partial charge in [0.15, 0.2) is 0 Å². The zero-order valence-electron chi connectivity index (χ0n) is 4.44. The number of nitrogens with two attached hydrogens (primary N) is 1. The molecule has 48 valence electrons. The second-order valence-electron chi connectivity index (χ2n) is 1.50. The molecule has 0 fully saturated rings. The number of nitrogen functional groups attached to an aromatic ring is 1. The van der Waals surface area contributed by atoms with E-state index >= 15 is 0 Å². The summed E-state index contributed by atoms with van der Waals surface area (Å²) in [7, 11) is 0. The lowest BCUT2D eigenvalue weighted by atomic mass is 10.4. The van der Waals surface area contributed by atoms with Crippen LogP contribution in [0.25, 0.3) is 0 Å². The molecule has 0 bridgehead atoms. The first kappa shape index (κ1) is 6.83. The predicted molar refractivity (Wildman–Crippen MR) is 41.4 cm³/mol.